The molecule has 0 bridgehead atoms. The van der Waals surface area contributed by atoms with Crippen molar-refractivity contribution in [2.45, 2.75) is 12.8 Å². The second-order valence-electron chi connectivity index (χ2n) is 6.68. The van der Waals surface area contributed by atoms with Gasteiger partial charge in [-0.2, -0.15) is 0 Å². The fraction of sp³-hybridized carbons (Fsp3) is 0.182. The van der Waals surface area contributed by atoms with Crippen LogP contribution < -0.4 is 0 Å². The van der Waals surface area contributed by atoms with Gasteiger partial charge in [0, 0.05) is 22.1 Å². The fourth-order valence-electron chi connectivity index (χ4n) is 3.78. The number of carbonyl (C=O) groups is 3. The Labute approximate surface area is 171 Å². The number of nitrogens with one attached hydrogen (secondary N) is 1. The SMILES string of the molecule is CCOC(=O)C1C(=N)OC2=C(C(=O)c3ccccc3C2=O)C1c1cccc(Cl)c1. The minimum absolute atomic E-state index is 0.0463. The lowest BCUT2D eigenvalue weighted by Crippen LogP contribution is -2.42. The van der Waals surface area contributed by atoms with Gasteiger partial charge in [0.05, 0.1) is 12.2 Å². The van der Waals surface area contributed by atoms with Crippen LogP contribution in [0.4, 0.5) is 0 Å². The zero-order valence-corrected chi connectivity index (χ0v) is 16.2. The van der Waals surface area contributed by atoms with E-state index in [-0.39, 0.29) is 29.1 Å². The summed E-state index contributed by atoms with van der Waals surface area (Å²) in [5, 5.41) is 8.70. The van der Waals surface area contributed by atoms with Crippen LogP contribution in [0.5, 0.6) is 0 Å². The molecule has 1 N–H and O–H groups in total. The van der Waals surface area contributed by atoms with E-state index in [1.54, 1.807) is 49.4 Å². The quantitative estimate of drug-likeness (QED) is 0.775. The van der Waals surface area contributed by atoms with Gasteiger partial charge in [0.2, 0.25) is 11.7 Å². The summed E-state index contributed by atoms with van der Waals surface area (Å²) in [5.41, 5.74) is 1.02. The average Bonchev–Trinajstić information content (AvgIpc) is 2.71. The standard InChI is InChI=1S/C22H16ClNO5/c1-2-28-22(27)17-15(11-6-5-7-12(23)10-11)16-18(25)13-8-3-4-9-14(13)19(26)20(16)29-21(17)24/h3-10,15,17,24H,2H2,1H3. The number of hydrogen-bond donors (Lipinski definition) is 1. The van der Waals surface area contributed by atoms with E-state index in [4.69, 9.17) is 26.5 Å². The van der Waals surface area contributed by atoms with Crippen LogP contribution in [0.3, 0.4) is 0 Å². The van der Waals surface area contributed by atoms with Gasteiger partial charge < -0.3 is 9.47 Å². The lowest BCUT2D eigenvalue weighted by atomic mass is 9.72. The van der Waals surface area contributed by atoms with Crippen molar-refractivity contribution >= 4 is 35.0 Å². The first-order valence-electron chi connectivity index (χ1n) is 9.05. The first kappa shape index (κ1) is 19.1. The molecule has 0 saturated heterocycles. The van der Waals surface area contributed by atoms with Crippen molar-refractivity contribution in [3.05, 3.63) is 81.6 Å². The molecule has 0 fully saturated rings. The highest BCUT2D eigenvalue weighted by atomic mass is 35.5. The highest BCUT2D eigenvalue weighted by molar-refractivity contribution is 6.31. The number of allylic oxidation sites excluding steroid dienone is 2. The molecule has 1 aliphatic heterocycles. The van der Waals surface area contributed by atoms with Crippen LogP contribution in [0.2, 0.25) is 5.02 Å². The molecule has 1 aliphatic carbocycles. The summed E-state index contributed by atoms with van der Waals surface area (Å²) in [4.78, 5) is 39.1. The molecule has 2 unspecified atom stereocenters. The predicted molar refractivity (Wildman–Crippen MR) is 105 cm³/mol. The molecule has 4 rings (SSSR count). The number of benzene rings is 2. The molecule has 2 aromatic carbocycles. The predicted octanol–water partition coefficient (Wildman–Crippen LogP) is 3.94. The van der Waals surface area contributed by atoms with Gasteiger partial charge in [-0.25, -0.2) is 0 Å². The molecule has 29 heavy (non-hydrogen) atoms. The minimum atomic E-state index is -1.20. The van der Waals surface area contributed by atoms with E-state index >= 15 is 0 Å². The zero-order valence-electron chi connectivity index (χ0n) is 15.4. The molecule has 0 amide bonds. The summed E-state index contributed by atoms with van der Waals surface area (Å²) >= 11 is 6.14. The van der Waals surface area contributed by atoms with Crippen molar-refractivity contribution < 1.29 is 23.9 Å². The van der Waals surface area contributed by atoms with Crippen LogP contribution in [-0.4, -0.2) is 30.0 Å². The van der Waals surface area contributed by atoms with Crippen molar-refractivity contribution in [3.8, 4) is 0 Å². The van der Waals surface area contributed by atoms with Crippen LogP contribution in [0.15, 0.2) is 59.9 Å². The van der Waals surface area contributed by atoms with E-state index in [1.807, 2.05) is 0 Å². The lowest BCUT2D eigenvalue weighted by Gasteiger charge is -2.35. The largest absolute Gasteiger partial charge is 0.465 e. The van der Waals surface area contributed by atoms with Crippen LogP contribution in [0.1, 0.15) is 39.1 Å². The maximum Gasteiger partial charge on any atom is 0.319 e. The smallest absolute Gasteiger partial charge is 0.319 e. The molecular weight excluding hydrogens is 394 g/mol. The molecule has 2 aliphatic rings. The minimum Gasteiger partial charge on any atom is -0.465 e. The van der Waals surface area contributed by atoms with Crippen LogP contribution in [-0.2, 0) is 14.3 Å². The number of ether oxygens (including phenoxy) is 2. The number of fused-ring (bicyclic) bond motifs is 1. The Morgan fingerprint density at radius 3 is 2.45 bits per heavy atom. The zero-order chi connectivity index (χ0) is 20.7. The normalized spacial score (nSPS) is 20.7. The van der Waals surface area contributed by atoms with Crippen LogP contribution >= 0.6 is 11.6 Å². The van der Waals surface area contributed by atoms with Gasteiger partial charge >= 0.3 is 5.97 Å². The second kappa shape index (κ2) is 7.29. The van der Waals surface area contributed by atoms with Gasteiger partial charge in [-0.05, 0) is 24.6 Å². The molecule has 7 heteroatoms. The molecule has 2 atom stereocenters. The van der Waals surface area contributed by atoms with Crippen molar-refractivity contribution in [3.63, 3.8) is 0 Å². The van der Waals surface area contributed by atoms with Gasteiger partial charge in [0.25, 0.3) is 0 Å². The van der Waals surface area contributed by atoms with Crippen molar-refractivity contribution in [1.29, 1.82) is 5.41 Å². The van der Waals surface area contributed by atoms with Gasteiger partial charge in [-0.1, -0.05) is 48.0 Å². The van der Waals surface area contributed by atoms with E-state index in [1.165, 1.54) is 6.07 Å². The van der Waals surface area contributed by atoms with E-state index < -0.39 is 35.3 Å². The number of halogens is 1. The molecule has 0 radical (unpaired) electrons. The summed E-state index contributed by atoms with van der Waals surface area (Å²) < 4.78 is 10.6. The third-order valence-corrected chi connectivity index (χ3v) is 5.23. The molecule has 146 valence electrons. The molecule has 0 aromatic heterocycles. The highest BCUT2D eigenvalue weighted by Gasteiger charge is 2.50. The summed E-state index contributed by atoms with van der Waals surface area (Å²) in [7, 11) is 0. The number of ketones is 2. The Morgan fingerprint density at radius 2 is 1.79 bits per heavy atom. The maximum absolute atomic E-state index is 13.4. The second-order valence-corrected chi connectivity index (χ2v) is 7.11. The van der Waals surface area contributed by atoms with Gasteiger partial charge in [0.1, 0.15) is 5.92 Å². The van der Waals surface area contributed by atoms with Gasteiger partial charge in [-0.15, -0.1) is 0 Å². The van der Waals surface area contributed by atoms with Crippen LogP contribution in [0, 0.1) is 11.3 Å². The Balaban J connectivity index is 1.96. The molecule has 6 nitrogen and oxygen atoms in total. The molecular formula is C22H16ClNO5. The van der Waals surface area contributed by atoms with Crippen molar-refractivity contribution in [2.24, 2.45) is 5.92 Å². The van der Waals surface area contributed by atoms with Crippen molar-refractivity contribution in [2.75, 3.05) is 6.61 Å². The van der Waals surface area contributed by atoms with E-state index in [0.29, 0.717) is 10.6 Å². The number of esters is 1. The summed E-state index contributed by atoms with van der Waals surface area (Å²) in [6.45, 7) is 1.75. The Morgan fingerprint density at radius 1 is 1.10 bits per heavy atom. The Bertz CT molecular complexity index is 1100. The molecule has 2 aromatic rings. The summed E-state index contributed by atoms with van der Waals surface area (Å²) in [6.07, 6.45) is 0. The number of hydrogen-bond acceptors (Lipinski definition) is 6. The maximum atomic E-state index is 13.4. The average molecular weight is 410 g/mol. The van der Waals surface area contributed by atoms with E-state index in [2.05, 4.69) is 0 Å². The number of Topliss-reactive ketones (excluding diaryl/α,β-unsaturated/α-hetero) is 2. The third kappa shape index (κ3) is 3.06. The third-order valence-electron chi connectivity index (χ3n) is 5.00. The van der Waals surface area contributed by atoms with Crippen molar-refractivity contribution in [1.82, 2.24) is 0 Å². The fourth-order valence-corrected chi connectivity index (χ4v) is 3.98. The highest BCUT2D eigenvalue weighted by Crippen LogP contribution is 2.45. The van der Waals surface area contributed by atoms with Crippen LogP contribution in [0.25, 0.3) is 0 Å². The Kier molecular flexibility index (Phi) is 4.80. The molecule has 0 saturated carbocycles. The topological polar surface area (TPSA) is 93.5 Å². The first-order valence-corrected chi connectivity index (χ1v) is 9.42. The summed E-state index contributed by atoms with van der Waals surface area (Å²) in [5.74, 6) is -4.38. The van der Waals surface area contributed by atoms with Gasteiger partial charge in [0.15, 0.2) is 11.5 Å². The summed E-state index contributed by atoms with van der Waals surface area (Å²) in [6, 6.07) is 13.1. The number of carbonyl (C=O) groups excluding carboxylic acids is 3. The molecule has 0 spiro atoms. The first-order chi connectivity index (χ1) is 13.9. The lowest BCUT2D eigenvalue weighted by molar-refractivity contribution is -0.146. The Hall–Kier alpha value is -3.25. The van der Waals surface area contributed by atoms with Gasteiger partial charge in [-0.3, -0.25) is 19.8 Å². The van der Waals surface area contributed by atoms with E-state index in [0.717, 1.165) is 0 Å². The number of rotatable bonds is 3. The van der Waals surface area contributed by atoms with E-state index in [9.17, 15) is 14.4 Å². The monoisotopic (exact) mass is 409 g/mol. The molecule has 1 heterocycles.